The van der Waals surface area contributed by atoms with Crippen molar-refractivity contribution in [2.75, 3.05) is 13.1 Å². The van der Waals surface area contributed by atoms with Crippen LogP contribution in [-0.2, 0) is 6.42 Å². The summed E-state index contributed by atoms with van der Waals surface area (Å²) in [4.78, 5) is 0. The van der Waals surface area contributed by atoms with E-state index in [4.69, 9.17) is 23.2 Å². The highest BCUT2D eigenvalue weighted by Crippen LogP contribution is 2.27. The Morgan fingerprint density at radius 3 is 2.31 bits per heavy atom. The van der Waals surface area contributed by atoms with Gasteiger partial charge in [-0.3, -0.25) is 0 Å². The van der Waals surface area contributed by atoms with Crippen LogP contribution in [0.2, 0.25) is 10.0 Å². The highest BCUT2D eigenvalue weighted by Gasteiger charge is 2.12. The van der Waals surface area contributed by atoms with Gasteiger partial charge in [-0.05, 0) is 43.1 Å². The van der Waals surface area contributed by atoms with Gasteiger partial charge in [0.25, 0.3) is 0 Å². The van der Waals surface area contributed by atoms with E-state index < -0.39 is 0 Å². The van der Waals surface area contributed by atoms with Crippen LogP contribution in [0.3, 0.4) is 0 Å². The molecule has 1 aromatic carbocycles. The highest BCUT2D eigenvalue weighted by atomic mass is 35.5. The number of benzene rings is 1. The average Bonchev–Trinajstić information content (AvgIpc) is 2.28. The Hall–Kier alpha value is -0.240. The fourth-order valence-corrected chi connectivity index (χ4v) is 2.28. The molecule has 0 saturated heterocycles. The van der Waals surface area contributed by atoms with Crippen LogP contribution < -0.4 is 5.32 Å². The van der Waals surface area contributed by atoms with Crippen molar-refractivity contribution in [1.29, 1.82) is 0 Å². The summed E-state index contributed by atoms with van der Waals surface area (Å²) in [5.41, 5.74) is 1.08. The van der Waals surface area contributed by atoms with Gasteiger partial charge in [0.2, 0.25) is 0 Å². The molecule has 1 nitrogen and oxygen atoms in total. The zero-order valence-corrected chi connectivity index (χ0v) is 11.4. The molecule has 90 valence electrons. The van der Waals surface area contributed by atoms with E-state index in [1.54, 1.807) is 0 Å². The van der Waals surface area contributed by atoms with Gasteiger partial charge in [0.05, 0.1) is 0 Å². The predicted molar refractivity (Wildman–Crippen MR) is 72.5 cm³/mol. The van der Waals surface area contributed by atoms with Gasteiger partial charge in [-0.15, -0.1) is 0 Å². The highest BCUT2D eigenvalue weighted by molar-refractivity contribution is 6.35. The van der Waals surface area contributed by atoms with E-state index in [0.717, 1.165) is 41.5 Å². The number of hydrogen-bond donors (Lipinski definition) is 1. The summed E-state index contributed by atoms with van der Waals surface area (Å²) in [5.74, 6) is 0.595. The molecule has 3 heteroatoms. The molecule has 16 heavy (non-hydrogen) atoms. The first-order valence-corrected chi connectivity index (χ1v) is 6.58. The first kappa shape index (κ1) is 13.8. The van der Waals surface area contributed by atoms with E-state index in [1.165, 1.54) is 0 Å². The molecular weight excluding hydrogens is 241 g/mol. The van der Waals surface area contributed by atoms with Gasteiger partial charge in [-0.25, -0.2) is 0 Å². The first-order valence-electron chi connectivity index (χ1n) is 5.82. The summed E-state index contributed by atoms with van der Waals surface area (Å²) in [6.45, 7) is 6.35. The molecule has 0 aliphatic carbocycles. The molecule has 1 N–H and O–H groups in total. The maximum Gasteiger partial charge on any atom is 0.0452 e. The van der Waals surface area contributed by atoms with Crippen molar-refractivity contribution in [3.8, 4) is 0 Å². The molecule has 0 spiro atoms. The molecule has 0 radical (unpaired) electrons. The topological polar surface area (TPSA) is 12.0 Å². The predicted octanol–water partition coefficient (Wildman–Crippen LogP) is 4.17. The van der Waals surface area contributed by atoms with E-state index >= 15 is 0 Å². The Balaban J connectivity index is 2.69. The molecule has 1 aromatic rings. The zero-order valence-electron chi connectivity index (χ0n) is 9.89. The normalized spacial score (nSPS) is 12.8. The van der Waals surface area contributed by atoms with Crippen molar-refractivity contribution < 1.29 is 0 Å². The Labute approximate surface area is 108 Å². The van der Waals surface area contributed by atoms with Gasteiger partial charge in [-0.1, -0.05) is 49.5 Å². The molecule has 0 aliphatic heterocycles. The lowest BCUT2D eigenvalue weighted by atomic mass is 9.96. The minimum Gasteiger partial charge on any atom is -0.317 e. The van der Waals surface area contributed by atoms with Crippen molar-refractivity contribution in [3.05, 3.63) is 33.8 Å². The van der Waals surface area contributed by atoms with Gasteiger partial charge < -0.3 is 5.32 Å². The maximum absolute atomic E-state index is 6.16. The fraction of sp³-hybridized carbons (Fsp3) is 0.538. The van der Waals surface area contributed by atoms with Crippen LogP contribution in [0.5, 0.6) is 0 Å². The minimum atomic E-state index is 0.595. The van der Waals surface area contributed by atoms with Gasteiger partial charge in [0.15, 0.2) is 0 Å². The number of rotatable bonds is 6. The second-order valence-corrected chi connectivity index (χ2v) is 4.80. The minimum absolute atomic E-state index is 0.595. The van der Waals surface area contributed by atoms with Gasteiger partial charge in [0, 0.05) is 10.0 Å². The van der Waals surface area contributed by atoms with E-state index in [-0.39, 0.29) is 0 Å². The third-order valence-corrected chi connectivity index (χ3v) is 3.52. The van der Waals surface area contributed by atoms with Crippen molar-refractivity contribution in [1.82, 2.24) is 5.32 Å². The molecule has 0 fully saturated rings. The molecule has 0 saturated carbocycles. The summed E-state index contributed by atoms with van der Waals surface area (Å²) < 4.78 is 0. The second kappa shape index (κ2) is 7.16. The summed E-state index contributed by atoms with van der Waals surface area (Å²) in [7, 11) is 0. The number of nitrogens with one attached hydrogen (secondary N) is 1. The van der Waals surface area contributed by atoms with E-state index in [2.05, 4.69) is 19.2 Å². The molecule has 1 unspecified atom stereocenters. The Kier molecular flexibility index (Phi) is 6.18. The smallest absolute Gasteiger partial charge is 0.0452 e. The first-order chi connectivity index (χ1) is 7.69. The van der Waals surface area contributed by atoms with Crippen LogP contribution in [0.15, 0.2) is 18.2 Å². The lowest BCUT2D eigenvalue weighted by Crippen LogP contribution is -2.23. The van der Waals surface area contributed by atoms with Crippen molar-refractivity contribution in [3.63, 3.8) is 0 Å². The summed E-state index contributed by atoms with van der Waals surface area (Å²) in [6, 6.07) is 5.70. The third-order valence-electron chi connectivity index (χ3n) is 2.81. The fourth-order valence-electron chi connectivity index (χ4n) is 1.73. The molecular formula is C13H19Cl2N. The van der Waals surface area contributed by atoms with Crippen molar-refractivity contribution >= 4 is 23.2 Å². The van der Waals surface area contributed by atoms with Crippen LogP contribution in [0.4, 0.5) is 0 Å². The zero-order chi connectivity index (χ0) is 12.0. The monoisotopic (exact) mass is 259 g/mol. The molecule has 0 amide bonds. The van der Waals surface area contributed by atoms with Crippen LogP contribution >= 0.6 is 23.2 Å². The molecule has 0 aromatic heterocycles. The largest absolute Gasteiger partial charge is 0.317 e. The SMILES string of the molecule is CCNCC(CC)Cc1c(Cl)cccc1Cl. The van der Waals surface area contributed by atoms with E-state index in [0.29, 0.717) is 5.92 Å². The van der Waals surface area contributed by atoms with E-state index in [1.807, 2.05) is 18.2 Å². The average molecular weight is 260 g/mol. The summed E-state index contributed by atoms with van der Waals surface area (Å²) in [5, 5.41) is 4.93. The van der Waals surface area contributed by atoms with Crippen LogP contribution in [0.1, 0.15) is 25.8 Å². The standard InChI is InChI=1S/C13H19Cl2N/c1-3-10(9-16-4-2)8-11-12(14)6-5-7-13(11)15/h5-7,10,16H,3-4,8-9H2,1-2H3. The molecule has 1 rings (SSSR count). The Morgan fingerprint density at radius 1 is 1.19 bits per heavy atom. The van der Waals surface area contributed by atoms with Gasteiger partial charge in [-0.2, -0.15) is 0 Å². The number of halogens is 2. The van der Waals surface area contributed by atoms with Crippen LogP contribution in [0, 0.1) is 5.92 Å². The second-order valence-electron chi connectivity index (χ2n) is 3.99. The molecule has 0 aliphatic rings. The van der Waals surface area contributed by atoms with Crippen LogP contribution in [-0.4, -0.2) is 13.1 Å². The van der Waals surface area contributed by atoms with Gasteiger partial charge in [0.1, 0.15) is 0 Å². The van der Waals surface area contributed by atoms with E-state index in [9.17, 15) is 0 Å². The van der Waals surface area contributed by atoms with Crippen LogP contribution in [0.25, 0.3) is 0 Å². The Bertz CT molecular complexity index is 305. The maximum atomic E-state index is 6.16. The summed E-state index contributed by atoms with van der Waals surface area (Å²) in [6.07, 6.45) is 2.08. The molecule has 0 heterocycles. The van der Waals surface area contributed by atoms with Gasteiger partial charge >= 0.3 is 0 Å². The summed E-state index contributed by atoms with van der Waals surface area (Å²) >= 11 is 12.3. The lowest BCUT2D eigenvalue weighted by Gasteiger charge is -2.16. The van der Waals surface area contributed by atoms with Crippen molar-refractivity contribution in [2.45, 2.75) is 26.7 Å². The van der Waals surface area contributed by atoms with Crippen molar-refractivity contribution in [2.24, 2.45) is 5.92 Å². The quantitative estimate of drug-likeness (QED) is 0.809. The third kappa shape index (κ3) is 3.97. The Morgan fingerprint density at radius 2 is 1.81 bits per heavy atom. The molecule has 1 atom stereocenters. The number of hydrogen-bond acceptors (Lipinski definition) is 1. The lowest BCUT2D eigenvalue weighted by molar-refractivity contribution is 0.467. The molecule has 0 bridgehead atoms.